The van der Waals surface area contributed by atoms with Crippen molar-refractivity contribution in [2.24, 2.45) is 0 Å². The molecule has 0 heterocycles. The molecular formula is C22H55N3. The van der Waals surface area contributed by atoms with Crippen LogP contribution in [0.15, 0.2) is 0 Å². The van der Waals surface area contributed by atoms with E-state index in [1.165, 1.54) is 64.7 Å². The van der Waals surface area contributed by atoms with Crippen molar-refractivity contribution < 1.29 is 0 Å². The number of hydrogen-bond acceptors (Lipinski definition) is 3. The lowest BCUT2D eigenvalue weighted by Gasteiger charge is -2.16. The molecule has 0 bridgehead atoms. The summed E-state index contributed by atoms with van der Waals surface area (Å²) in [5.41, 5.74) is 0. The Kier molecular flexibility index (Phi) is 41.2. The quantitative estimate of drug-likeness (QED) is 0.483. The Morgan fingerprint density at radius 2 is 0.800 bits per heavy atom. The maximum atomic E-state index is 2.46. The normalized spacial score (nSPS) is 9.84. The zero-order valence-electron chi connectivity index (χ0n) is 20.1. The van der Waals surface area contributed by atoms with Crippen LogP contribution in [-0.2, 0) is 0 Å². The predicted octanol–water partition coefficient (Wildman–Crippen LogP) is 5.85. The highest BCUT2D eigenvalue weighted by Crippen LogP contribution is 1.92. The number of hydrogen-bond donors (Lipinski definition) is 0. The Hall–Kier alpha value is -0.120. The Balaban J connectivity index is -0.000000123. The van der Waals surface area contributed by atoms with Crippen LogP contribution in [0.1, 0.15) is 87.0 Å². The van der Waals surface area contributed by atoms with Gasteiger partial charge in [-0.2, -0.15) is 0 Å². The molecule has 0 amide bonds. The van der Waals surface area contributed by atoms with Crippen LogP contribution in [0.5, 0.6) is 0 Å². The summed E-state index contributed by atoms with van der Waals surface area (Å²) in [6.07, 6.45) is 7.93. The van der Waals surface area contributed by atoms with Crippen LogP contribution in [0.2, 0.25) is 0 Å². The molecule has 0 aromatic carbocycles. The van der Waals surface area contributed by atoms with Crippen LogP contribution in [0, 0.1) is 0 Å². The average molecular weight is 362 g/mol. The summed E-state index contributed by atoms with van der Waals surface area (Å²) < 4.78 is 0. The Morgan fingerprint density at radius 1 is 0.440 bits per heavy atom. The molecule has 0 N–H and O–H groups in total. The summed E-state index contributed by atoms with van der Waals surface area (Å²) in [5, 5.41) is 0. The van der Waals surface area contributed by atoms with E-state index in [0.29, 0.717) is 0 Å². The molecule has 0 aliphatic rings. The third kappa shape index (κ3) is 51.6. The summed E-state index contributed by atoms with van der Waals surface area (Å²) in [6.45, 7) is 21.4. The summed E-state index contributed by atoms with van der Waals surface area (Å²) in [5.74, 6) is 0. The SMILES string of the molecule is CCCC.CCCCN(C)C.CCCCN(CC)CC.CCN(C)C. The summed E-state index contributed by atoms with van der Waals surface area (Å²) >= 11 is 0. The lowest BCUT2D eigenvalue weighted by Crippen LogP contribution is -2.23. The molecule has 0 aromatic rings. The van der Waals surface area contributed by atoms with Crippen molar-refractivity contribution in [3.05, 3.63) is 0 Å². The number of rotatable bonds is 10. The molecule has 0 rings (SSSR count). The van der Waals surface area contributed by atoms with Crippen molar-refractivity contribution in [1.82, 2.24) is 14.7 Å². The fourth-order valence-corrected chi connectivity index (χ4v) is 1.40. The number of nitrogens with zero attached hydrogens (tertiary/aromatic N) is 3. The van der Waals surface area contributed by atoms with Crippen molar-refractivity contribution in [3.8, 4) is 0 Å². The molecule has 3 heteroatoms. The van der Waals surface area contributed by atoms with Gasteiger partial charge in [0, 0.05) is 0 Å². The third-order valence-electron chi connectivity index (χ3n) is 3.81. The largest absolute Gasteiger partial charge is 0.310 e. The van der Waals surface area contributed by atoms with Crippen LogP contribution < -0.4 is 0 Å². The smallest absolute Gasteiger partial charge is 0.00191 e. The summed E-state index contributed by atoms with van der Waals surface area (Å²) in [6, 6.07) is 0. The number of unbranched alkanes of at least 4 members (excludes halogenated alkanes) is 3. The Labute approximate surface area is 163 Å². The zero-order chi connectivity index (χ0) is 20.5. The zero-order valence-corrected chi connectivity index (χ0v) is 20.1. The van der Waals surface area contributed by atoms with Gasteiger partial charge in [0.1, 0.15) is 0 Å². The molecule has 0 aliphatic carbocycles. The van der Waals surface area contributed by atoms with Gasteiger partial charge in [0.05, 0.1) is 0 Å². The van der Waals surface area contributed by atoms with Crippen LogP contribution in [0.25, 0.3) is 0 Å². The molecule has 0 radical (unpaired) electrons. The second-order valence-corrected chi connectivity index (χ2v) is 6.93. The van der Waals surface area contributed by atoms with E-state index in [1.54, 1.807) is 0 Å². The maximum Gasteiger partial charge on any atom is -0.00191 e. The van der Waals surface area contributed by atoms with Gasteiger partial charge in [-0.05, 0) is 73.8 Å². The second kappa shape index (κ2) is 31.6. The molecule has 0 aromatic heterocycles. The van der Waals surface area contributed by atoms with E-state index in [4.69, 9.17) is 0 Å². The van der Waals surface area contributed by atoms with Crippen molar-refractivity contribution in [2.45, 2.75) is 87.0 Å². The predicted molar refractivity (Wildman–Crippen MR) is 121 cm³/mol. The van der Waals surface area contributed by atoms with Gasteiger partial charge in [0.2, 0.25) is 0 Å². The van der Waals surface area contributed by atoms with Crippen molar-refractivity contribution >= 4 is 0 Å². The standard InChI is InChI=1S/C8H19N.C6H15N.C4H11N.C4H10/c1-4-7-8-9(5-2)6-3;1-4-5-6-7(2)3;1-4-5(2)3;1-3-4-2/h4-8H2,1-3H3;4-6H2,1-3H3;4H2,1-3H3;3-4H2,1-2H3. The Morgan fingerprint density at radius 3 is 0.960 bits per heavy atom. The van der Waals surface area contributed by atoms with Crippen LogP contribution >= 0.6 is 0 Å². The minimum absolute atomic E-state index is 1.14. The van der Waals surface area contributed by atoms with Crippen LogP contribution in [-0.4, -0.2) is 75.6 Å². The molecule has 25 heavy (non-hydrogen) atoms. The second-order valence-electron chi connectivity index (χ2n) is 6.93. The van der Waals surface area contributed by atoms with Crippen molar-refractivity contribution in [2.75, 3.05) is 60.9 Å². The van der Waals surface area contributed by atoms with Gasteiger partial charge in [-0.3, -0.25) is 0 Å². The molecule has 0 aliphatic heterocycles. The van der Waals surface area contributed by atoms with Gasteiger partial charge in [0.25, 0.3) is 0 Å². The molecule has 0 saturated carbocycles. The van der Waals surface area contributed by atoms with Gasteiger partial charge in [-0.1, -0.05) is 74.1 Å². The van der Waals surface area contributed by atoms with Crippen molar-refractivity contribution in [3.63, 3.8) is 0 Å². The van der Waals surface area contributed by atoms with Gasteiger partial charge in [-0.15, -0.1) is 0 Å². The van der Waals surface area contributed by atoms with E-state index in [-0.39, 0.29) is 0 Å². The molecular weight excluding hydrogens is 306 g/mol. The molecule has 0 spiro atoms. The van der Waals surface area contributed by atoms with Gasteiger partial charge in [0.15, 0.2) is 0 Å². The van der Waals surface area contributed by atoms with E-state index in [2.05, 4.69) is 91.4 Å². The third-order valence-corrected chi connectivity index (χ3v) is 3.81. The van der Waals surface area contributed by atoms with Gasteiger partial charge >= 0.3 is 0 Å². The molecule has 158 valence electrons. The van der Waals surface area contributed by atoms with Gasteiger partial charge < -0.3 is 14.7 Å². The van der Waals surface area contributed by atoms with E-state index in [1.807, 2.05) is 0 Å². The minimum atomic E-state index is 1.14. The summed E-state index contributed by atoms with van der Waals surface area (Å²) in [4.78, 5) is 6.80. The highest BCUT2D eigenvalue weighted by molar-refractivity contribution is 4.49. The average Bonchev–Trinajstić information content (AvgIpc) is 2.62. The first-order chi connectivity index (χ1) is 11.8. The lowest BCUT2D eigenvalue weighted by molar-refractivity contribution is 0.299. The first-order valence-electron chi connectivity index (χ1n) is 10.8. The lowest BCUT2D eigenvalue weighted by atomic mass is 10.3. The van der Waals surface area contributed by atoms with Crippen LogP contribution in [0.4, 0.5) is 0 Å². The highest BCUT2D eigenvalue weighted by Gasteiger charge is 1.94. The first kappa shape index (κ1) is 32.5. The van der Waals surface area contributed by atoms with E-state index >= 15 is 0 Å². The topological polar surface area (TPSA) is 9.72 Å². The summed E-state index contributed by atoms with van der Waals surface area (Å²) in [7, 11) is 8.32. The van der Waals surface area contributed by atoms with Gasteiger partial charge in [-0.25, -0.2) is 0 Å². The maximum absolute atomic E-state index is 2.46. The molecule has 3 nitrogen and oxygen atoms in total. The fraction of sp³-hybridized carbons (Fsp3) is 1.00. The molecule has 0 fully saturated rings. The first-order valence-corrected chi connectivity index (χ1v) is 10.8. The van der Waals surface area contributed by atoms with Crippen molar-refractivity contribution in [1.29, 1.82) is 0 Å². The molecule has 0 atom stereocenters. The fourth-order valence-electron chi connectivity index (χ4n) is 1.40. The monoisotopic (exact) mass is 361 g/mol. The highest BCUT2D eigenvalue weighted by atomic mass is 15.1. The van der Waals surface area contributed by atoms with E-state index in [0.717, 1.165) is 6.54 Å². The minimum Gasteiger partial charge on any atom is -0.310 e. The van der Waals surface area contributed by atoms with Crippen LogP contribution in [0.3, 0.4) is 0 Å². The molecule has 0 saturated heterocycles. The molecule has 0 unspecified atom stereocenters. The van der Waals surface area contributed by atoms with E-state index < -0.39 is 0 Å². The Bertz CT molecular complexity index is 176. The van der Waals surface area contributed by atoms with E-state index in [9.17, 15) is 0 Å².